The summed E-state index contributed by atoms with van der Waals surface area (Å²) in [5.41, 5.74) is 0. The van der Waals surface area contributed by atoms with Crippen LogP contribution in [0.5, 0.6) is 0 Å². The molecular formula is C12H19BrN4O2S. The second kappa shape index (κ2) is 5.06. The van der Waals surface area contributed by atoms with Gasteiger partial charge in [-0.05, 0) is 59.9 Å². The molecule has 2 aliphatic carbocycles. The number of aromatic nitrogens is 3. The lowest BCUT2D eigenvalue weighted by molar-refractivity contribution is 0.280. The van der Waals surface area contributed by atoms with Crippen molar-refractivity contribution in [3.8, 4) is 0 Å². The topological polar surface area (TPSA) is 76.9 Å². The SMILES string of the molecule is CC(NS(=O)(=O)c1c(Br)nnn1C)C1CC2CCC1C2. The van der Waals surface area contributed by atoms with E-state index in [1.807, 2.05) is 6.92 Å². The Bertz CT molecular complexity index is 595. The molecule has 0 aromatic carbocycles. The summed E-state index contributed by atoms with van der Waals surface area (Å²) < 4.78 is 29.3. The van der Waals surface area contributed by atoms with Crippen LogP contribution in [0.2, 0.25) is 0 Å². The summed E-state index contributed by atoms with van der Waals surface area (Å²) in [6.45, 7) is 1.97. The van der Waals surface area contributed by atoms with Crippen molar-refractivity contribution in [1.29, 1.82) is 0 Å². The Hall–Kier alpha value is -0.470. The maximum atomic E-state index is 12.5. The highest BCUT2D eigenvalue weighted by atomic mass is 79.9. The molecule has 2 aliphatic rings. The predicted octanol–water partition coefficient (Wildman–Crippen LogP) is 1.68. The van der Waals surface area contributed by atoms with E-state index in [1.54, 1.807) is 7.05 Å². The van der Waals surface area contributed by atoms with E-state index in [0.717, 1.165) is 12.3 Å². The lowest BCUT2D eigenvalue weighted by atomic mass is 9.84. The number of aryl methyl sites for hydroxylation is 1. The monoisotopic (exact) mass is 362 g/mol. The number of fused-ring (bicyclic) bond motifs is 2. The van der Waals surface area contributed by atoms with Crippen molar-refractivity contribution < 1.29 is 8.42 Å². The van der Waals surface area contributed by atoms with Gasteiger partial charge in [-0.25, -0.2) is 17.8 Å². The molecule has 3 rings (SSSR count). The summed E-state index contributed by atoms with van der Waals surface area (Å²) >= 11 is 3.15. The van der Waals surface area contributed by atoms with E-state index in [9.17, 15) is 8.42 Å². The van der Waals surface area contributed by atoms with Crippen LogP contribution in [0.25, 0.3) is 0 Å². The molecule has 0 aliphatic heterocycles. The van der Waals surface area contributed by atoms with Gasteiger partial charge in [-0.15, -0.1) is 5.10 Å². The van der Waals surface area contributed by atoms with Crippen molar-refractivity contribution >= 4 is 26.0 Å². The average Bonchev–Trinajstić information content (AvgIpc) is 3.04. The first-order chi connectivity index (χ1) is 9.38. The van der Waals surface area contributed by atoms with Gasteiger partial charge in [0.05, 0.1) is 0 Å². The number of rotatable bonds is 4. The van der Waals surface area contributed by atoms with Gasteiger partial charge in [0.15, 0.2) is 4.60 Å². The fourth-order valence-corrected chi connectivity index (χ4v) is 6.29. The van der Waals surface area contributed by atoms with E-state index in [4.69, 9.17) is 0 Å². The first kappa shape index (κ1) is 14.5. The smallest absolute Gasteiger partial charge is 0.235 e. The zero-order chi connectivity index (χ0) is 14.5. The van der Waals surface area contributed by atoms with E-state index in [1.165, 1.54) is 23.9 Å². The largest absolute Gasteiger partial charge is 0.260 e. The molecular weight excluding hydrogens is 344 g/mol. The minimum atomic E-state index is -3.59. The molecule has 1 N–H and O–H groups in total. The van der Waals surface area contributed by atoms with Gasteiger partial charge in [-0.3, -0.25) is 0 Å². The molecule has 1 aromatic rings. The first-order valence-corrected chi connectivity index (χ1v) is 9.23. The highest BCUT2D eigenvalue weighted by Gasteiger charge is 2.43. The number of hydrogen-bond donors (Lipinski definition) is 1. The number of hydrogen-bond acceptors (Lipinski definition) is 4. The van der Waals surface area contributed by atoms with Crippen LogP contribution in [0.3, 0.4) is 0 Å². The average molecular weight is 363 g/mol. The zero-order valence-electron chi connectivity index (χ0n) is 11.6. The van der Waals surface area contributed by atoms with Crippen LogP contribution in [0.1, 0.15) is 32.6 Å². The summed E-state index contributed by atoms with van der Waals surface area (Å²) in [6, 6.07) is -0.0444. The zero-order valence-corrected chi connectivity index (χ0v) is 14.0. The minimum Gasteiger partial charge on any atom is -0.235 e. The molecule has 112 valence electrons. The van der Waals surface area contributed by atoms with E-state index in [-0.39, 0.29) is 15.7 Å². The van der Waals surface area contributed by atoms with Crippen molar-refractivity contribution in [2.75, 3.05) is 0 Å². The van der Waals surface area contributed by atoms with Crippen LogP contribution in [0.15, 0.2) is 9.63 Å². The predicted molar refractivity (Wildman–Crippen MR) is 77.4 cm³/mol. The van der Waals surface area contributed by atoms with E-state index in [0.29, 0.717) is 11.8 Å². The molecule has 1 heterocycles. The third-order valence-electron chi connectivity index (χ3n) is 4.77. The highest BCUT2D eigenvalue weighted by Crippen LogP contribution is 2.49. The third kappa shape index (κ3) is 2.42. The van der Waals surface area contributed by atoms with Crippen molar-refractivity contribution in [2.45, 2.75) is 43.7 Å². The Morgan fingerprint density at radius 1 is 1.40 bits per heavy atom. The Morgan fingerprint density at radius 2 is 2.15 bits per heavy atom. The maximum Gasteiger partial charge on any atom is 0.260 e. The molecule has 0 amide bonds. The van der Waals surface area contributed by atoms with Crippen LogP contribution in [-0.4, -0.2) is 29.5 Å². The second-order valence-corrected chi connectivity index (χ2v) is 8.44. The summed E-state index contributed by atoms with van der Waals surface area (Å²) in [7, 11) is -2.01. The van der Waals surface area contributed by atoms with Crippen LogP contribution < -0.4 is 4.72 Å². The van der Waals surface area contributed by atoms with Crippen molar-refractivity contribution in [2.24, 2.45) is 24.8 Å². The summed E-state index contributed by atoms with van der Waals surface area (Å²) in [5, 5.41) is 7.55. The molecule has 2 fully saturated rings. The molecule has 2 saturated carbocycles. The fraction of sp³-hybridized carbons (Fsp3) is 0.833. The summed E-state index contributed by atoms with van der Waals surface area (Å²) in [4.78, 5) is 0. The molecule has 2 bridgehead atoms. The molecule has 0 saturated heterocycles. The molecule has 4 atom stereocenters. The molecule has 4 unspecified atom stereocenters. The van der Waals surface area contributed by atoms with Gasteiger partial charge in [0.25, 0.3) is 10.0 Å². The van der Waals surface area contributed by atoms with Gasteiger partial charge in [0.1, 0.15) is 0 Å². The normalized spacial score (nSPS) is 30.9. The van der Waals surface area contributed by atoms with Gasteiger partial charge < -0.3 is 0 Å². The van der Waals surface area contributed by atoms with Crippen LogP contribution in [0.4, 0.5) is 0 Å². The van der Waals surface area contributed by atoms with Gasteiger partial charge in [-0.1, -0.05) is 11.6 Å². The molecule has 1 aromatic heterocycles. The fourth-order valence-electron chi connectivity index (χ4n) is 3.90. The number of nitrogens with one attached hydrogen (secondary N) is 1. The number of sulfonamides is 1. The maximum absolute atomic E-state index is 12.5. The van der Waals surface area contributed by atoms with Crippen molar-refractivity contribution in [3.05, 3.63) is 4.60 Å². The third-order valence-corrected chi connectivity index (χ3v) is 7.21. The Kier molecular flexibility index (Phi) is 3.66. The van der Waals surface area contributed by atoms with Crippen LogP contribution >= 0.6 is 15.9 Å². The molecule has 6 nitrogen and oxygen atoms in total. The quantitative estimate of drug-likeness (QED) is 0.883. The van der Waals surface area contributed by atoms with Crippen LogP contribution in [0, 0.1) is 17.8 Å². The Labute approximate surface area is 127 Å². The molecule has 0 spiro atoms. The standard InChI is InChI=1S/C12H19BrN4O2S/c1-7(10-6-8-3-4-9(10)5-8)15-20(18,19)12-11(13)14-16-17(12)2/h7-10,15H,3-6H2,1-2H3. The lowest BCUT2D eigenvalue weighted by Crippen LogP contribution is -2.40. The molecule has 0 radical (unpaired) electrons. The van der Waals surface area contributed by atoms with Gasteiger partial charge in [-0.2, -0.15) is 0 Å². The summed E-state index contributed by atoms with van der Waals surface area (Å²) in [6.07, 6.45) is 4.99. The number of nitrogens with zero attached hydrogens (tertiary/aromatic N) is 3. The highest BCUT2D eigenvalue weighted by molar-refractivity contribution is 9.10. The van der Waals surface area contributed by atoms with Gasteiger partial charge in [0, 0.05) is 13.1 Å². The Morgan fingerprint density at radius 3 is 2.65 bits per heavy atom. The second-order valence-electron chi connectivity index (χ2n) is 6.06. The lowest BCUT2D eigenvalue weighted by Gasteiger charge is -2.28. The van der Waals surface area contributed by atoms with E-state index >= 15 is 0 Å². The summed E-state index contributed by atoms with van der Waals surface area (Å²) in [5.74, 6) is 1.95. The van der Waals surface area contributed by atoms with Crippen molar-refractivity contribution in [1.82, 2.24) is 19.7 Å². The minimum absolute atomic E-state index is 0.0444. The van der Waals surface area contributed by atoms with E-state index < -0.39 is 10.0 Å². The Balaban J connectivity index is 1.77. The van der Waals surface area contributed by atoms with Gasteiger partial charge >= 0.3 is 0 Å². The van der Waals surface area contributed by atoms with E-state index in [2.05, 4.69) is 31.0 Å². The molecule has 20 heavy (non-hydrogen) atoms. The van der Waals surface area contributed by atoms with Gasteiger partial charge in [0.2, 0.25) is 5.03 Å². The number of halogens is 1. The van der Waals surface area contributed by atoms with Crippen molar-refractivity contribution in [3.63, 3.8) is 0 Å². The van der Waals surface area contributed by atoms with Crippen LogP contribution in [-0.2, 0) is 17.1 Å². The molecule has 8 heteroatoms. The first-order valence-electron chi connectivity index (χ1n) is 6.96.